The molecule has 32 heavy (non-hydrogen) atoms. The van der Waals surface area contributed by atoms with Crippen LogP contribution in [0.3, 0.4) is 0 Å². The molecule has 5 aliphatic rings. The number of nitrogens with one attached hydrogen (secondary N) is 1. The van der Waals surface area contributed by atoms with E-state index in [-0.39, 0.29) is 23.0 Å². The van der Waals surface area contributed by atoms with Crippen LogP contribution in [-0.4, -0.2) is 42.2 Å². The van der Waals surface area contributed by atoms with E-state index in [1.165, 1.54) is 12.8 Å². The lowest BCUT2D eigenvalue weighted by Gasteiger charge is -2.60. The molecule has 0 aromatic heterocycles. The zero-order valence-electron chi connectivity index (χ0n) is 20.0. The number of amides is 1. The highest BCUT2D eigenvalue weighted by molar-refractivity contribution is 5.77. The number of hydrogen-bond donors (Lipinski definition) is 2. The molecule has 3 aliphatic carbocycles. The lowest BCUT2D eigenvalue weighted by Crippen LogP contribution is -2.62. The molecule has 0 aromatic rings. The van der Waals surface area contributed by atoms with Gasteiger partial charge in [-0.2, -0.15) is 0 Å². The molecule has 2 aliphatic heterocycles. The standard InChI is InChI=1S/C27H41NO4/c1-25-14-12-23(29)28-22(25)9-8-19-20(25)10-15-26(2)21(19)11-16-27(26,30)13-4-6-18-32-24-7-3-5-17-31-24/h19-22,24,30H,3,5-12,14-18H2,1-2H3,(H,28,29)/t19-,20+,21+,22-,24?,25-,26+,27+/m1/s1. The molecular weight excluding hydrogens is 402 g/mol. The van der Waals surface area contributed by atoms with Crippen molar-refractivity contribution in [2.24, 2.45) is 28.6 Å². The summed E-state index contributed by atoms with van der Waals surface area (Å²) in [5.41, 5.74) is -0.804. The number of carbonyl (C=O) groups is 1. The van der Waals surface area contributed by atoms with E-state index in [0.717, 1.165) is 58.0 Å². The summed E-state index contributed by atoms with van der Waals surface area (Å²) in [6, 6.07) is 0.336. The fourth-order valence-electron chi connectivity index (χ4n) is 8.22. The van der Waals surface area contributed by atoms with Crippen LogP contribution in [0.15, 0.2) is 0 Å². The van der Waals surface area contributed by atoms with Gasteiger partial charge in [0.15, 0.2) is 6.29 Å². The van der Waals surface area contributed by atoms with Crippen molar-refractivity contribution in [3.05, 3.63) is 0 Å². The van der Waals surface area contributed by atoms with Crippen molar-refractivity contribution < 1.29 is 19.4 Å². The molecule has 2 saturated heterocycles. The minimum Gasteiger partial charge on any atom is -0.377 e. The largest absolute Gasteiger partial charge is 0.377 e. The number of rotatable bonds is 3. The van der Waals surface area contributed by atoms with Gasteiger partial charge in [0.1, 0.15) is 5.60 Å². The number of piperidine rings is 1. The van der Waals surface area contributed by atoms with Crippen LogP contribution < -0.4 is 5.32 Å². The Hall–Kier alpha value is -1.09. The van der Waals surface area contributed by atoms with Crippen molar-refractivity contribution in [2.75, 3.05) is 13.2 Å². The fraction of sp³-hybridized carbons (Fsp3) is 0.889. The van der Waals surface area contributed by atoms with Gasteiger partial charge >= 0.3 is 0 Å². The van der Waals surface area contributed by atoms with Crippen LogP contribution in [0.1, 0.15) is 90.9 Å². The SMILES string of the molecule is C[C@]12CCC(=O)N[C@@H]1CC[C@@H]1[C@@H]2CC[C@@]2(C)[C@H]1CC[C@@]2(O)C#CCCOC1CCCCO1. The molecule has 178 valence electrons. The first-order valence-corrected chi connectivity index (χ1v) is 13.1. The second-order valence-electron chi connectivity index (χ2n) is 11.7. The van der Waals surface area contributed by atoms with Crippen molar-refractivity contribution in [1.82, 2.24) is 5.32 Å². The summed E-state index contributed by atoms with van der Waals surface area (Å²) in [7, 11) is 0. The fourth-order valence-corrected chi connectivity index (χ4v) is 8.22. The first-order chi connectivity index (χ1) is 15.4. The van der Waals surface area contributed by atoms with E-state index in [2.05, 4.69) is 31.0 Å². The second-order valence-corrected chi connectivity index (χ2v) is 11.7. The van der Waals surface area contributed by atoms with Crippen LogP contribution in [0.25, 0.3) is 0 Å². The Balaban J connectivity index is 1.24. The third kappa shape index (κ3) is 3.71. The van der Waals surface area contributed by atoms with Gasteiger partial charge in [-0.1, -0.05) is 25.7 Å². The van der Waals surface area contributed by atoms with Crippen LogP contribution in [0.2, 0.25) is 0 Å². The smallest absolute Gasteiger partial charge is 0.220 e. The van der Waals surface area contributed by atoms with Crippen molar-refractivity contribution in [2.45, 2.75) is 109 Å². The highest BCUT2D eigenvalue weighted by Gasteiger charge is 2.64. The third-order valence-electron chi connectivity index (χ3n) is 10.2. The quantitative estimate of drug-likeness (QED) is 0.507. The van der Waals surface area contributed by atoms with E-state index in [1.54, 1.807) is 0 Å². The van der Waals surface area contributed by atoms with Crippen LogP contribution in [0, 0.1) is 40.4 Å². The maximum atomic E-state index is 12.0. The molecule has 5 nitrogen and oxygen atoms in total. The van der Waals surface area contributed by atoms with Crippen LogP contribution in [0.5, 0.6) is 0 Å². The minimum absolute atomic E-state index is 0.0710. The summed E-state index contributed by atoms with van der Waals surface area (Å²) in [5.74, 6) is 8.66. The Labute approximate surface area is 193 Å². The van der Waals surface area contributed by atoms with Gasteiger partial charge in [-0.15, -0.1) is 0 Å². The molecule has 5 rings (SSSR count). The summed E-state index contributed by atoms with van der Waals surface area (Å²) in [4.78, 5) is 12.0. The molecule has 0 bridgehead atoms. The molecule has 0 aromatic carbocycles. The molecule has 0 radical (unpaired) electrons. The predicted molar refractivity (Wildman–Crippen MR) is 122 cm³/mol. The number of aliphatic hydroxyl groups is 1. The normalized spacial score (nSPS) is 48.0. The van der Waals surface area contributed by atoms with Gasteiger partial charge in [-0.3, -0.25) is 4.79 Å². The van der Waals surface area contributed by atoms with Gasteiger partial charge in [0.25, 0.3) is 0 Å². The van der Waals surface area contributed by atoms with Crippen LogP contribution in [-0.2, 0) is 14.3 Å². The van der Waals surface area contributed by atoms with Crippen molar-refractivity contribution >= 4 is 5.91 Å². The molecule has 5 fully saturated rings. The number of ether oxygens (including phenoxy) is 2. The zero-order valence-corrected chi connectivity index (χ0v) is 20.0. The van der Waals surface area contributed by atoms with Gasteiger partial charge in [0, 0.05) is 30.9 Å². The molecule has 3 saturated carbocycles. The third-order valence-corrected chi connectivity index (χ3v) is 10.2. The summed E-state index contributed by atoms with van der Waals surface area (Å²) >= 11 is 0. The topological polar surface area (TPSA) is 67.8 Å². The van der Waals surface area contributed by atoms with E-state index in [0.29, 0.717) is 43.2 Å². The van der Waals surface area contributed by atoms with Crippen molar-refractivity contribution in [3.8, 4) is 11.8 Å². The summed E-state index contributed by atoms with van der Waals surface area (Å²) in [5, 5.41) is 15.0. The van der Waals surface area contributed by atoms with Crippen molar-refractivity contribution in [3.63, 3.8) is 0 Å². The van der Waals surface area contributed by atoms with Gasteiger partial charge < -0.3 is 19.9 Å². The first kappa shape index (κ1) is 22.7. The van der Waals surface area contributed by atoms with Gasteiger partial charge in [-0.25, -0.2) is 0 Å². The van der Waals surface area contributed by atoms with Gasteiger partial charge in [0.2, 0.25) is 5.91 Å². The molecule has 2 N–H and O–H groups in total. The monoisotopic (exact) mass is 443 g/mol. The molecule has 5 heteroatoms. The molecule has 8 atom stereocenters. The summed E-state index contributed by atoms with van der Waals surface area (Å²) in [6.07, 6.45) is 11.8. The minimum atomic E-state index is -0.886. The summed E-state index contributed by atoms with van der Waals surface area (Å²) in [6.45, 7) is 6.10. The van der Waals surface area contributed by atoms with Crippen LogP contribution >= 0.6 is 0 Å². The highest BCUT2D eigenvalue weighted by Crippen LogP contribution is 2.66. The Morgan fingerprint density at radius 2 is 1.94 bits per heavy atom. The molecule has 1 amide bonds. The van der Waals surface area contributed by atoms with E-state index in [4.69, 9.17) is 9.47 Å². The Bertz CT molecular complexity index is 782. The number of hydrogen-bond acceptors (Lipinski definition) is 4. The maximum Gasteiger partial charge on any atom is 0.220 e. The van der Waals surface area contributed by atoms with E-state index in [9.17, 15) is 9.90 Å². The lowest BCUT2D eigenvalue weighted by atomic mass is 9.46. The average Bonchev–Trinajstić information content (AvgIpc) is 3.06. The number of carbonyl (C=O) groups excluding carboxylic acids is 1. The lowest BCUT2D eigenvalue weighted by molar-refractivity contribution is -0.161. The summed E-state index contributed by atoms with van der Waals surface area (Å²) < 4.78 is 11.4. The Morgan fingerprint density at radius 1 is 1.09 bits per heavy atom. The van der Waals surface area contributed by atoms with E-state index < -0.39 is 5.60 Å². The van der Waals surface area contributed by atoms with Gasteiger partial charge in [-0.05, 0) is 87.4 Å². The van der Waals surface area contributed by atoms with Crippen LogP contribution in [0.4, 0.5) is 0 Å². The molecule has 0 spiro atoms. The Kier molecular flexibility index (Phi) is 6.10. The Morgan fingerprint density at radius 3 is 2.75 bits per heavy atom. The average molecular weight is 444 g/mol. The van der Waals surface area contributed by atoms with E-state index >= 15 is 0 Å². The highest BCUT2D eigenvalue weighted by atomic mass is 16.7. The molecular formula is C27H41NO4. The molecule has 1 unspecified atom stereocenters. The maximum absolute atomic E-state index is 12.0. The molecule has 2 heterocycles. The zero-order chi connectivity index (χ0) is 22.4. The van der Waals surface area contributed by atoms with Gasteiger partial charge in [0.05, 0.1) is 6.61 Å². The second kappa shape index (κ2) is 8.60. The predicted octanol–water partition coefficient (Wildman–Crippen LogP) is 4.18. The van der Waals surface area contributed by atoms with E-state index in [1.807, 2.05) is 0 Å². The van der Waals surface area contributed by atoms with Crippen molar-refractivity contribution in [1.29, 1.82) is 0 Å². The first-order valence-electron chi connectivity index (χ1n) is 13.1. The number of fused-ring (bicyclic) bond motifs is 5.